The number of aryl methyl sites for hydroxylation is 1. The number of rotatable bonds is 7. The van der Waals surface area contributed by atoms with Gasteiger partial charge in [0.25, 0.3) is 0 Å². The number of fused-ring (bicyclic) bond motifs is 1. The number of hydrogen-bond acceptors (Lipinski definition) is 4. The van der Waals surface area contributed by atoms with E-state index >= 15 is 0 Å². The van der Waals surface area contributed by atoms with Crippen LogP contribution < -0.4 is 21.1 Å². The van der Waals surface area contributed by atoms with E-state index in [9.17, 15) is 9.59 Å². The average molecular weight is 319 g/mol. The number of benzene rings is 1. The van der Waals surface area contributed by atoms with E-state index in [0.29, 0.717) is 32.4 Å². The van der Waals surface area contributed by atoms with Gasteiger partial charge in [0.1, 0.15) is 5.75 Å². The summed E-state index contributed by atoms with van der Waals surface area (Å²) in [6.07, 6.45) is 2.30. The molecule has 1 heterocycles. The molecule has 0 atom stereocenters. The molecule has 126 valence electrons. The standard InChI is InChI=1S/C17H25N3O3/c1-17(2,18)11-19-15(21)4-3-9-23-13-6-7-14-12(10-13)5-8-16(22)20-14/h6-7,10H,3-5,8-9,11,18H2,1-2H3,(H,19,21)(H,20,22). The molecule has 0 spiro atoms. The second-order valence-corrected chi connectivity index (χ2v) is 6.58. The van der Waals surface area contributed by atoms with E-state index in [2.05, 4.69) is 10.6 Å². The van der Waals surface area contributed by atoms with Gasteiger partial charge in [-0.25, -0.2) is 0 Å². The number of hydrogen-bond donors (Lipinski definition) is 3. The summed E-state index contributed by atoms with van der Waals surface area (Å²) in [6.45, 7) is 4.68. The van der Waals surface area contributed by atoms with Crippen LogP contribution in [0.4, 0.5) is 5.69 Å². The van der Waals surface area contributed by atoms with E-state index in [-0.39, 0.29) is 11.8 Å². The minimum atomic E-state index is -0.398. The molecule has 1 aliphatic heterocycles. The van der Waals surface area contributed by atoms with Gasteiger partial charge in [0.2, 0.25) is 11.8 Å². The predicted molar refractivity (Wildman–Crippen MR) is 89.4 cm³/mol. The van der Waals surface area contributed by atoms with Crippen molar-refractivity contribution in [3.05, 3.63) is 23.8 Å². The fourth-order valence-corrected chi connectivity index (χ4v) is 2.29. The third-order valence-electron chi connectivity index (χ3n) is 3.53. The van der Waals surface area contributed by atoms with Gasteiger partial charge in [-0.15, -0.1) is 0 Å². The van der Waals surface area contributed by atoms with E-state index < -0.39 is 5.54 Å². The lowest BCUT2D eigenvalue weighted by atomic mass is 10.0. The molecule has 4 N–H and O–H groups in total. The third-order valence-corrected chi connectivity index (χ3v) is 3.53. The SMILES string of the molecule is CC(C)(N)CNC(=O)CCCOc1ccc2c(c1)CCC(=O)N2. The molecule has 2 rings (SSSR count). The van der Waals surface area contributed by atoms with Gasteiger partial charge in [-0.2, -0.15) is 0 Å². The topological polar surface area (TPSA) is 93.4 Å². The van der Waals surface area contributed by atoms with E-state index in [4.69, 9.17) is 10.5 Å². The molecule has 6 heteroatoms. The highest BCUT2D eigenvalue weighted by atomic mass is 16.5. The van der Waals surface area contributed by atoms with Gasteiger partial charge in [0.15, 0.2) is 0 Å². The van der Waals surface area contributed by atoms with E-state index in [1.807, 2.05) is 32.0 Å². The number of carbonyl (C=O) groups excluding carboxylic acids is 2. The highest BCUT2D eigenvalue weighted by Crippen LogP contribution is 2.26. The summed E-state index contributed by atoms with van der Waals surface area (Å²) in [7, 11) is 0. The Hall–Kier alpha value is -2.08. The van der Waals surface area contributed by atoms with Gasteiger partial charge in [0.05, 0.1) is 6.61 Å². The number of nitrogens with one attached hydrogen (secondary N) is 2. The summed E-state index contributed by atoms with van der Waals surface area (Å²) in [5.41, 5.74) is 7.36. The minimum Gasteiger partial charge on any atom is -0.494 e. The predicted octanol–water partition coefficient (Wildman–Crippen LogP) is 1.58. The summed E-state index contributed by atoms with van der Waals surface area (Å²) < 4.78 is 5.68. The van der Waals surface area contributed by atoms with Crippen molar-refractivity contribution in [1.82, 2.24) is 5.32 Å². The van der Waals surface area contributed by atoms with Crippen LogP contribution in [0.25, 0.3) is 0 Å². The molecule has 6 nitrogen and oxygen atoms in total. The molecule has 0 radical (unpaired) electrons. The number of carbonyl (C=O) groups is 2. The van der Waals surface area contributed by atoms with Crippen LogP contribution in [0.15, 0.2) is 18.2 Å². The molecule has 2 amide bonds. The zero-order valence-electron chi connectivity index (χ0n) is 13.8. The Morgan fingerprint density at radius 1 is 1.39 bits per heavy atom. The summed E-state index contributed by atoms with van der Waals surface area (Å²) in [4.78, 5) is 23.0. The summed E-state index contributed by atoms with van der Waals surface area (Å²) in [5.74, 6) is 0.807. The van der Waals surface area contributed by atoms with Crippen molar-refractivity contribution in [3.8, 4) is 5.75 Å². The van der Waals surface area contributed by atoms with Gasteiger partial charge in [-0.3, -0.25) is 9.59 Å². The van der Waals surface area contributed by atoms with Crippen molar-refractivity contribution in [2.75, 3.05) is 18.5 Å². The summed E-state index contributed by atoms with van der Waals surface area (Å²) in [5, 5.41) is 5.64. The maximum Gasteiger partial charge on any atom is 0.224 e. The number of ether oxygens (including phenoxy) is 1. The lowest BCUT2D eigenvalue weighted by Gasteiger charge is -2.19. The molecule has 0 aromatic heterocycles. The lowest BCUT2D eigenvalue weighted by molar-refractivity contribution is -0.121. The number of anilines is 1. The Labute approximate surface area is 136 Å². The molecular formula is C17H25N3O3. The second-order valence-electron chi connectivity index (χ2n) is 6.58. The number of amides is 2. The first-order valence-electron chi connectivity index (χ1n) is 7.95. The molecule has 0 unspecified atom stereocenters. The Bertz CT molecular complexity index is 579. The average Bonchev–Trinajstić information content (AvgIpc) is 2.49. The van der Waals surface area contributed by atoms with Crippen LogP contribution in [0.2, 0.25) is 0 Å². The van der Waals surface area contributed by atoms with Crippen LogP contribution in [0.1, 0.15) is 38.7 Å². The van der Waals surface area contributed by atoms with E-state index in [1.54, 1.807) is 0 Å². The zero-order chi connectivity index (χ0) is 16.9. The fraction of sp³-hybridized carbons (Fsp3) is 0.529. The minimum absolute atomic E-state index is 0.0136. The Balaban J connectivity index is 1.70. The first-order chi connectivity index (χ1) is 10.8. The van der Waals surface area contributed by atoms with Gasteiger partial charge in [0, 0.05) is 30.6 Å². The van der Waals surface area contributed by atoms with Crippen LogP contribution in [-0.2, 0) is 16.0 Å². The van der Waals surface area contributed by atoms with Crippen LogP contribution in [0.5, 0.6) is 5.75 Å². The van der Waals surface area contributed by atoms with Crippen molar-refractivity contribution in [1.29, 1.82) is 0 Å². The van der Waals surface area contributed by atoms with Crippen molar-refractivity contribution in [3.63, 3.8) is 0 Å². The van der Waals surface area contributed by atoms with Crippen LogP contribution in [0.3, 0.4) is 0 Å². The third kappa shape index (κ3) is 5.90. The molecule has 0 saturated heterocycles. The molecule has 0 saturated carbocycles. The summed E-state index contributed by atoms with van der Waals surface area (Å²) in [6, 6.07) is 5.64. The normalized spacial score (nSPS) is 14.0. The smallest absolute Gasteiger partial charge is 0.224 e. The maximum absolute atomic E-state index is 11.7. The Kier molecular flexibility index (Phi) is 5.60. The van der Waals surface area contributed by atoms with Crippen LogP contribution >= 0.6 is 0 Å². The van der Waals surface area contributed by atoms with Crippen molar-refractivity contribution in [2.24, 2.45) is 5.73 Å². The van der Waals surface area contributed by atoms with Gasteiger partial charge in [-0.1, -0.05) is 0 Å². The second kappa shape index (κ2) is 7.46. The molecule has 0 bridgehead atoms. The number of nitrogens with two attached hydrogens (primary N) is 1. The molecule has 1 aromatic rings. The Morgan fingerprint density at radius 3 is 2.91 bits per heavy atom. The molecule has 1 aromatic carbocycles. The van der Waals surface area contributed by atoms with Crippen molar-refractivity contribution < 1.29 is 14.3 Å². The maximum atomic E-state index is 11.7. The Morgan fingerprint density at radius 2 is 2.17 bits per heavy atom. The molecule has 23 heavy (non-hydrogen) atoms. The van der Waals surface area contributed by atoms with Crippen LogP contribution in [0, 0.1) is 0 Å². The largest absolute Gasteiger partial charge is 0.494 e. The molecular weight excluding hydrogens is 294 g/mol. The van der Waals surface area contributed by atoms with E-state index in [0.717, 1.165) is 23.4 Å². The van der Waals surface area contributed by atoms with Gasteiger partial charge < -0.3 is 21.1 Å². The van der Waals surface area contributed by atoms with Gasteiger partial charge in [-0.05, 0) is 50.5 Å². The van der Waals surface area contributed by atoms with Crippen molar-refractivity contribution in [2.45, 2.75) is 45.1 Å². The molecule has 1 aliphatic rings. The lowest BCUT2D eigenvalue weighted by Crippen LogP contribution is -2.45. The summed E-state index contributed by atoms with van der Waals surface area (Å²) >= 11 is 0. The fourth-order valence-electron chi connectivity index (χ4n) is 2.29. The monoisotopic (exact) mass is 319 g/mol. The van der Waals surface area contributed by atoms with Gasteiger partial charge >= 0.3 is 0 Å². The highest BCUT2D eigenvalue weighted by Gasteiger charge is 2.15. The van der Waals surface area contributed by atoms with E-state index in [1.165, 1.54) is 0 Å². The van der Waals surface area contributed by atoms with Crippen LogP contribution in [-0.4, -0.2) is 30.5 Å². The van der Waals surface area contributed by atoms with Crippen molar-refractivity contribution >= 4 is 17.5 Å². The first kappa shape index (κ1) is 17.3. The molecule has 0 fully saturated rings. The zero-order valence-corrected chi connectivity index (χ0v) is 13.8. The first-order valence-corrected chi connectivity index (χ1v) is 7.95. The molecule has 0 aliphatic carbocycles. The highest BCUT2D eigenvalue weighted by molar-refractivity contribution is 5.94. The quantitative estimate of drug-likeness (QED) is 0.665.